The van der Waals surface area contributed by atoms with Gasteiger partial charge >= 0.3 is 0 Å². The van der Waals surface area contributed by atoms with Crippen LogP contribution in [0.1, 0.15) is 39.5 Å². The van der Waals surface area contributed by atoms with E-state index < -0.39 is 0 Å². The van der Waals surface area contributed by atoms with Crippen LogP contribution in [0.2, 0.25) is 0 Å². The van der Waals surface area contributed by atoms with Gasteiger partial charge in [-0.15, -0.1) is 0 Å². The summed E-state index contributed by atoms with van der Waals surface area (Å²) in [7, 11) is 0. The van der Waals surface area contributed by atoms with Crippen LogP contribution in [-0.4, -0.2) is 59.9 Å². The maximum Gasteiger partial charge on any atom is 0.225 e. The molecule has 0 unspecified atom stereocenters. The van der Waals surface area contributed by atoms with Crippen molar-refractivity contribution < 1.29 is 9.59 Å². The van der Waals surface area contributed by atoms with Gasteiger partial charge in [-0.3, -0.25) is 19.4 Å². The van der Waals surface area contributed by atoms with E-state index in [4.69, 9.17) is 0 Å². The summed E-state index contributed by atoms with van der Waals surface area (Å²) in [5.74, 6) is -0.108. The minimum absolute atomic E-state index is 0.0137. The Bertz CT molecular complexity index is 642. The Morgan fingerprint density at radius 3 is 2.58 bits per heavy atom. The zero-order valence-electron chi connectivity index (χ0n) is 15.8. The predicted octanol–water partition coefficient (Wildman–Crippen LogP) is 2.53. The molecule has 142 valence electrons. The van der Waals surface area contributed by atoms with E-state index in [1.165, 1.54) is 32.7 Å². The fourth-order valence-electron chi connectivity index (χ4n) is 3.96. The van der Waals surface area contributed by atoms with E-state index in [1.54, 1.807) is 12.1 Å². The highest BCUT2D eigenvalue weighted by molar-refractivity contribution is 5.93. The summed E-state index contributed by atoms with van der Waals surface area (Å²) < 4.78 is 0. The number of amides is 2. The normalized spacial score (nSPS) is 21.8. The van der Waals surface area contributed by atoms with Crippen LogP contribution in [0.3, 0.4) is 0 Å². The van der Waals surface area contributed by atoms with Crippen molar-refractivity contribution in [3.8, 4) is 0 Å². The van der Waals surface area contributed by atoms with Crippen LogP contribution in [0.5, 0.6) is 0 Å². The average Bonchev–Trinajstić information content (AvgIpc) is 2.54. The Hall–Kier alpha value is -1.92. The minimum Gasteiger partial charge on any atom is -0.326 e. The number of nitrogens with zero attached hydrogens (tertiary/aromatic N) is 2. The molecule has 0 aromatic heterocycles. The van der Waals surface area contributed by atoms with Crippen molar-refractivity contribution in [2.45, 2.75) is 51.6 Å². The summed E-state index contributed by atoms with van der Waals surface area (Å²) in [6.45, 7) is 7.99. The smallest absolute Gasteiger partial charge is 0.225 e. The number of likely N-dealkylation sites (tertiary alicyclic amines) is 2. The molecule has 6 heteroatoms. The summed E-state index contributed by atoms with van der Waals surface area (Å²) in [5.41, 5.74) is 1.40. The van der Waals surface area contributed by atoms with Gasteiger partial charge in [0.1, 0.15) is 0 Å². The molecule has 26 heavy (non-hydrogen) atoms. The summed E-state index contributed by atoms with van der Waals surface area (Å²) >= 11 is 0. The van der Waals surface area contributed by atoms with Crippen LogP contribution in [0, 0.1) is 0 Å². The first-order valence-corrected chi connectivity index (χ1v) is 9.67. The van der Waals surface area contributed by atoms with Gasteiger partial charge < -0.3 is 10.6 Å². The first-order valence-electron chi connectivity index (χ1n) is 9.67. The van der Waals surface area contributed by atoms with Crippen molar-refractivity contribution in [2.24, 2.45) is 0 Å². The second-order valence-corrected chi connectivity index (χ2v) is 7.56. The highest BCUT2D eigenvalue weighted by Gasteiger charge is 2.34. The molecule has 2 aliphatic heterocycles. The van der Waals surface area contributed by atoms with E-state index >= 15 is 0 Å². The lowest BCUT2D eigenvalue weighted by atomic mass is 9.97. The van der Waals surface area contributed by atoms with Gasteiger partial charge in [0.25, 0.3) is 0 Å². The monoisotopic (exact) mass is 358 g/mol. The summed E-state index contributed by atoms with van der Waals surface area (Å²) in [6.07, 6.45) is 4.49. The second kappa shape index (κ2) is 8.64. The van der Waals surface area contributed by atoms with E-state index in [0.717, 1.165) is 19.6 Å². The molecule has 6 nitrogen and oxygen atoms in total. The minimum atomic E-state index is -0.121. The zero-order chi connectivity index (χ0) is 18.5. The molecule has 0 spiro atoms. The van der Waals surface area contributed by atoms with Crippen LogP contribution in [0.25, 0.3) is 0 Å². The zero-order valence-corrected chi connectivity index (χ0v) is 15.8. The maximum absolute atomic E-state index is 12.2. The van der Waals surface area contributed by atoms with Gasteiger partial charge in [0.05, 0.1) is 0 Å². The highest BCUT2D eigenvalue weighted by Crippen LogP contribution is 2.24. The molecular weight excluding hydrogens is 328 g/mol. The molecule has 2 saturated heterocycles. The van der Waals surface area contributed by atoms with Crippen molar-refractivity contribution in [1.82, 2.24) is 9.80 Å². The number of benzene rings is 1. The van der Waals surface area contributed by atoms with Crippen molar-refractivity contribution in [3.63, 3.8) is 0 Å². The molecular formula is C20H30N4O2. The van der Waals surface area contributed by atoms with Crippen molar-refractivity contribution in [3.05, 3.63) is 24.3 Å². The lowest BCUT2D eigenvalue weighted by Crippen LogP contribution is -2.62. The van der Waals surface area contributed by atoms with E-state index in [-0.39, 0.29) is 11.8 Å². The van der Waals surface area contributed by atoms with Crippen molar-refractivity contribution in [2.75, 3.05) is 36.8 Å². The van der Waals surface area contributed by atoms with Crippen LogP contribution in [-0.2, 0) is 9.59 Å². The summed E-state index contributed by atoms with van der Waals surface area (Å²) in [5, 5.41) is 5.64. The van der Waals surface area contributed by atoms with Crippen molar-refractivity contribution in [1.29, 1.82) is 0 Å². The number of hydrogen-bond donors (Lipinski definition) is 2. The number of rotatable bonds is 6. The first kappa shape index (κ1) is 18.9. The van der Waals surface area contributed by atoms with Gasteiger partial charge in [0, 0.05) is 56.4 Å². The second-order valence-electron chi connectivity index (χ2n) is 7.56. The fraction of sp³-hybridized carbons (Fsp3) is 0.600. The number of anilines is 2. The Balaban J connectivity index is 1.38. The number of carbonyl (C=O) groups is 2. The van der Waals surface area contributed by atoms with Crippen LogP contribution >= 0.6 is 0 Å². The van der Waals surface area contributed by atoms with Gasteiger partial charge in [-0.05, 0) is 44.5 Å². The topological polar surface area (TPSA) is 64.7 Å². The predicted molar refractivity (Wildman–Crippen MR) is 104 cm³/mol. The third kappa shape index (κ3) is 5.05. The number of nitrogens with one attached hydrogen (secondary N) is 2. The lowest BCUT2D eigenvalue weighted by Gasteiger charge is -2.49. The van der Waals surface area contributed by atoms with E-state index in [0.29, 0.717) is 29.9 Å². The molecule has 0 radical (unpaired) electrons. The van der Waals surface area contributed by atoms with Gasteiger partial charge in [-0.2, -0.15) is 0 Å². The molecule has 2 N–H and O–H groups in total. The maximum atomic E-state index is 12.2. The molecule has 2 aliphatic rings. The number of piperidine rings is 1. The lowest BCUT2D eigenvalue weighted by molar-refractivity contribution is -0.117. The quantitative estimate of drug-likeness (QED) is 0.820. The Morgan fingerprint density at radius 2 is 1.88 bits per heavy atom. The van der Waals surface area contributed by atoms with Gasteiger partial charge in [0.15, 0.2) is 0 Å². The molecule has 0 bridgehead atoms. The van der Waals surface area contributed by atoms with Crippen LogP contribution in [0.4, 0.5) is 11.4 Å². The molecule has 0 aliphatic carbocycles. The van der Waals surface area contributed by atoms with E-state index in [2.05, 4.69) is 27.4 Å². The van der Waals surface area contributed by atoms with Gasteiger partial charge in [-0.1, -0.05) is 12.5 Å². The fourth-order valence-corrected chi connectivity index (χ4v) is 3.96. The number of carbonyl (C=O) groups excluding carboxylic acids is 2. The molecule has 1 atom stereocenters. The number of hydrogen-bond acceptors (Lipinski definition) is 4. The molecule has 1 aromatic rings. The van der Waals surface area contributed by atoms with Gasteiger partial charge in [0.2, 0.25) is 11.8 Å². The summed E-state index contributed by atoms with van der Waals surface area (Å²) in [4.78, 5) is 28.3. The third-order valence-electron chi connectivity index (χ3n) is 5.38. The third-order valence-corrected chi connectivity index (χ3v) is 5.38. The molecule has 1 aromatic carbocycles. The van der Waals surface area contributed by atoms with Crippen LogP contribution < -0.4 is 10.6 Å². The van der Waals surface area contributed by atoms with Crippen molar-refractivity contribution >= 4 is 23.2 Å². The Labute approximate surface area is 155 Å². The first-order chi connectivity index (χ1) is 12.5. The van der Waals surface area contributed by atoms with E-state index in [9.17, 15) is 9.59 Å². The summed E-state index contributed by atoms with van der Waals surface area (Å²) in [6, 6.07) is 8.61. The molecule has 2 fully saturated rings. The Kier molecular flexibility index (Phi) is 6.27. The van der Waals surface area contributed by atoms with E-state index in [1.807, 2.05) is 12.1 Å². The molecule has 3 rings (SSSR count). The highest BCUT2D eigenvalue weighted by atomic mass is 16.2. The molecule has 0 saturated carbocycles. The average molecular weight is 358 g/mol. The molecule has 2 amide bonds. The van der Waals surface area contributed by atoms with Crippen LogP contribution in [0.15, 0.2) is 24.3 Å². The van der Waals surface area contributed by atoms with Gasteiger partial charge in [-0.25, -0.2) is 0 Å². The molecule has 2 heterocycles. The standard InChI is InChI=1S/C20H30N4O2/c1-15-6-3-4-10-24(15)19-13-23(14-19)11-9-20(26)22-18-8-5-7-17(12-18)21-16(2)25/h5,7-8,12,15,19H,3-4,6,9-11,13-14H2,1-2H3,(H,21,25)(H,22,26)/t15-/m0/s1. The SMILES string of the molecule is CC(=O)Nc1cccc(NC(=O)CCN2CC(N3CCCC[C@@H]3C)C2)c1. The largest absolute Gasteiger partial charge is 0.326 e. The Morgan fingerprint density at radius 1 is 1.15 bits per heavy atom.